The smallest absolute Gasteiger partial charge is 0.281 e. The second-order valence-corrected chi connectivity index (χ2v) is 10.4. The molecule has 0 radical (unpaired) electrons. The van der Waals surface area contributed by atoms with E-state index in [1.54, 1.807) is 12.3 Å². The van der Waals surface area contributed by atoms with Crippen molar-refractivity contribution in [2.75, 3.05) is 0 Å². The quantitative estimate of drug-likeness (QED) is 0.699. The maximum Gasteiger partial charge on any atom is 0.281 e. The van der Waals surface area contributed by atoms with Crippen molar-refractivity contribution in [1.29, 1.82) is 0 Å². The molecule has 0 aromatic carbocycles. The minimum Gasteiger partial charge on any atom is -0.481 e. The number of furan rings is 1. The lowest BCUT2D eigenvalue weighted by atomic mass is 9.43. The van der Waals surface area contributed by atoms with Crippen molar-refractivity contribution in [3.63, 3.8) is 0 Å². The van der Waals surface area contributed by atoms with Gasteiger partial charge in [0.15, 0.2) is 0 Å². The van der Waals surface area contributed by atoms with E-state index >= 15 is 0 Å². The van der Waals surface area contributed by atoms with E-state index in [2.05, 4.69) is 13.8 Å². The fourth-order valence-electron chi connectivity index (χ4n) is 8.23. The first-order valence-corrected chi connectivity index (χ1v) is 10.9. The Bertz CT molecular complexity index is 681. The van der Waals surface area contributed by atoms with Gasteiger partial charge in [0.05, 0.1) is 12.4 Å². The monoisotopic (exact) mass is 358 g/mol. The Hall–Kier alpha value is -0.960. The van der Waals surface area contributed by atoms with Crippen LogP contribution in [0.3, 0.4) is 0 Å². The van der Waals surface area contributed by atoms with E-state index in [9.17, 15) is 10.2 Å². The second kappa shape index (κ2) is 5.77. The van der Waals surface area contributed by atoms with Gasteiger partial charge in [-0.15, -0.1) is 0 Å². The van der Waals surface area contributed by atoms with Gasteiger partial charge in [0.2, 0.25) is 0 Å². The number of hydrogen-bond donors (Lipinski definition) is 2. The molecule has 4 fully saturated rings. The summed E-state index contributed by atoms with van der Waals surface area (Å²) in [4.78, 5) is 0. The number of aromatic hydroxyl groups is 1. The summed E-state index contributed by atoms with van der Waals surface area (Å²) in [5, 5.41) is 21.2. The van der Waals surface area contributed by atoms with Crippen molar-refractivity contribution >= 4 is 0 Å². The molecule has 3 heteroatoms. The third-order valence-electron chi connectivity index (χ3n) is 9.62. The maximum absolute atomic E-state index is 11.6. The van der Waals surface area contributed by atoms with Crippen molar-refractivity contribution in [3.8, 4) is 5.95 Å². The zero-order valence-electron chi connectivity index (χ0n) is 16.3. The topological polar surface area (TPSA) is 53.6 Å². The van der Waals surface area contributed by atoms with Crippen molar-refractivity contribution in [2.45, 2.75) is 83.7 Å². The Morgan fingerprint density at radius 3 is 2.58 bits per heavy atom. The largest absolute Gasteiger partial charge is 0.481 e. The molecule has 1 heterocycles. The molecule has 4 aliphatic carbocycles. The standard InChI is InChI=1S/C23H34O3/c1-22-10-3-4-18(22)17-8-6-15-5-7-16(14-12-20(24)26-13-14)21(25)23(15,2)19(17)9-11-22/h12-13,15-19,21,24-25H,3-11H2,1-2H3/t15?,16?,17-,18-,19+,21?,22-,23-/m0/s1. The first-order valence-electron chi connectivity index (χ1n) is 10.9. The average Bonchev–Trinajstić information content (AvgIpc) is 3.21. The second-order valence-electron chi connectivity index (χ2n) is 10.4. The molecule has 144 valence electrons. The highest BCUT2D eigenvalue weighted by atomic mass is 16.5. The van der Waals surface area contributed by atoms with E-state index in [4.69, 9.17) is 4.42 Å². The van der Waals surface area contributed by atoms with Crippen LogP contribution >= 0.6 is 0 Å². The van der Waals surface area contributed by atoms with Gasteiger partial charge in [-0.05, 0) is 85.9 Å². The highest BCUT2D eigenvalue weighted by Gasteiger charge is 2.61. The van der Waals surface area contributed by atoms with Crippen LogP contribution in [-0.2, 0) is 0 Å². The fraction of sp³-hybridized carbons (Fsp3) is 0.826. The molecule has 3 nitrogen and oxygen atoms in total. The molecule has 0 aliphatic heterocycles. The molecule has 3 unspecified atom stereocenters. The molecule has 1 aromatic heterocycles. The summed E-state index contributed by atoms with van der Waals surface area (Å²) in [5.41, 5.74) is 1.57. The summed E-state index contributed by atoms with van der Waals surface area (Å²) in [5.74, 6) is 3.09. The molecule has 26 heavy (non-hydrogen) atoms. The van der Waals surface area contributed by atoms with E-state index in [0.29, 0.717) is 17.3 Å². The van der Waals surface area contributed by atoms with Gasteiger partial charge >= 0.3 is 0 Å². The molecule has 4 aliphatic rings. The lowest BCUT2D eigenvalue weighted by molar-refractivity contribution is -0.166. The highest BCUT2D eigenvalue weighted by molar-refractivity contribution is 5.25. The minimum atomic E-state index is -0.322. The third kappa shape index (κ3) is 2.22. The molecule has 0 saturated heterocycles. The summed E-state index contributed by atoms with van der Waals surface area (Å²) < 4.78 is 5.16. The Morgan fingerprint density at radius 1 is 1.00 bits per heavy atom. The summed E-state index contributed by atoms with van der Waals surface area (Å²) in [6.07, 6.45) is 13.1. The van der Waals surface area contributed by atoms with Gasteiger partial charge in [-0.3, -0.25) is 0 Å². The van der Waals surface area contributed by atoms with Crippen LogP contribution in [0.4, 0.5) is 0 Å². The Kier molecular flexibility index (Phi) is 3.81. The predicted molar refractivity (Wildman–Crippen MR) is 101 cm³/mol. The average molecular weight is 359 g/mol. The minimum absolute atomic E-state index is 0.0165. The van der Waals surface area contributed by atoms with E-state index in [1.165, 1.54) is 51.4 Å². The SMILES string of the molecule is C[C@@]12CCC[C@H]1[C@@H]1CCC3CCC(c4coc(O)c4)C(O)[C@]3(C)[C@@H]1CC2. The number of aliphatic hydroxyl groups is 1. The summed E-state index contributed by atoms with van der Waals surface area (Å²) in [6.45, 7) is 4.95. The molecule has 2 N–H and O–H groups in total. The lowest BCUT2D eigenvalue weighted by Crippen LogP contribution is -2.58. The van der Waals surface area contributed by atoms with Crippen LogP contribution in [0.15, 0.2) is 16.7 Å². The molecule has 0 amide bonds. The summed E-state index contributed by atoms with van der Waals surface area (Å²) in [6, 6.07) is 1.72. The van der Waals surface area contributed by atoms with Gasteiger partial charge < -0.3 is 14.6 Å². The van der Waals surface area contributed by atoms with Crippen LogP contribution in [0.2, 0.25) is 0 Å². The van der Waals surface area contributed by atoms with Crippen molar-refractivity contribution in [2.24, 2.45) is 34.5 Å². The lowest BCUT2D eigenvalue weighted by Gasteiger charge is -2.62. The molecule has 4 saturated carbocycles. The van der Waals surface area contributed by atoms with E-state index < -0.39 is 0 Å². The molecule has 0 spiro atoms. The van der Waals surface area contributed by atoms with Crippen LogP contribution in [0.1, 0.15) is 83.1 Å². The van der Waals surface area contributed by atoms with Crippen LogP contribution in [-0.4, -0.2) is 16.3 Å². The van der Waals surface area contributed by atoms with Gasteiger partial charge in [0, 0.05) is 17.5 Å². The van der Waals surface area contributed by atoms with Crippen LogP contribution in [0.5, 0.6) is 5.95 Å². The van der Waals surface area contributed by atoms with Gasteiger partial charge in [0.25, 0.3) is 5.95 Å². The van der Waals surface area contributed by atoms with Gasteiger partial charge in [-0.1, -0.05) is 20.3 Å². The maximum atomic E-state index is 11.6. The van der Waals surface area contributed by atoms with Crippen LogP contribution in [0, 0.1) is 34.5 Å². The molecular weight excluding hydrogens is 324 g/mol. The number of hydrogen-bond acceptors (Lipinski definition) is 3. The van der Waals surface area contributed by atoms with Crippen LogP contribution in [0.25, 0.3) is 0 Å². The zero-order valence-corrected chi connectivity index (χ0v) is 16.3. The van der Waals surface area contributed by atoms with Crippen LogP contribution < -0.4 is 0 Å². The van der Waals surface area contributed by atoms with E-state index in [-0.39, 0.29) is 23.4 Å². The van der Waals surface area contributed by atoms with Gasteiger partial charge in [0.1, 0.15) is 0 Å². The van der Waals surface area contributed by atoms with Crippen molar-refractivity contribution in [1.82, 2.24) is 0 Å². The fourth-order valence-corrected chi connectivity index (χ4v) is 8.23. The zero-order chi connectivity index (χ0) is 18.1. The first-order chi connectivity index (χ1) is 12.4. The molecule has 1 aromatic rings. The van der Waals surface area contributed by atoms with Gasteiger partial charge in [-0.2, -0.15) is 0 Å². The highest BCUT2D eigenvalue weighted by Crippen LogP contribution is 2.67. The normalized spacial score (nSPS) is 50.7. The molecule has 5 rings (SSSR count). The Morgan fingerprint density at radius 2 is 1.81 bits per heavy atom. The van der Waals surface area contributed by atoms with Gasteiger partial charge in [-0.25, -0.2) is 0 Å². The summed E-state index contributed by atoms with van der Waals surface area (Å²) >= 11 is 0. The Balaban J connectivity index is 1.48. The third-order valence-corrected chi connectivity index (χ3v) is 9.62. The molecule has 0 bridgehead atoms. The van der Waals surface area contributed by atoms with Crippen molar-refractivity contribution < 1.29 is 14.6 Å². The number of rotatable bonds is 1. The predicted octanol–water partition coefficient (Wildman–Crippen LogP) is 5.47. The molecular formula is C23H34O3. The van der Waals surface area contributed by atoms with E-state index in [0.717, 1.165) is 23.8 Å². The van der Waals surface area contributed by atoms with Crippen molar-refractivity contribution in [3.05, 3.63) is 17.9 Å². The van der Waals surface area contributed by atoms with E-state index in [1.807, 2.05) is 0 Å². The summed E-state index contributed by atoms with van der Waals surface area (Å²) in [7, 11) is 0. The first kappa shape index (κ1) is 17.2. The number of aliphatic hydroxyl groups excluding tert-OH is 1. The molecule has 8 atom stereocenters. The number of fused-ring (bicyclic) bond motifs is 5. The Labute approximate surface area is 157 Å².